The van der Waals surface area contributed by atoms with E-state index in [1.165, 1.54) is 0 Å². The predicted octanol–water partition coefficient (Wildman–Crippen LogP) is 4.90. The molecule has 2 amide bonds. The highest BCUT2D eigenvalue weighted by Crippen LogP contribution is 2.31. The number of anilines is 3. The van der Waals surface area contributed by atoms with E-state index in [1.807, 2.05) is 43.3 Å². The minimum Gasteiger partial charge on any atom is -0.367 e. The Bertz CT molecular complexity index is 1160. The van der Waals surface area contributed by atoms with E-state index < -0.39 is 0 Å². The van der Waals surface area contributed by atoms with E-state index >= 15 is 0 Å². The lowest BCUT2D eigenvalue weighted by Gasteiger charge is -2.35. The number of piperazine rings is 1. The molecule has 0 unspecified atom stereocenters. The van der Waals surface area contributed by atoms with Crippen LogP contribution < -0.4 is 15.5 Å². The van der Waals surface area contributed by atoms with Crippen LogP contribution in [0.3, 0.4) is 0 Å². The molecule has 1 aliphatic rings. The summed E-state index contributed by atoms with van der Waals surface area (Å²) < 4.78 is 0. The van der Waals surface area contributed by atoms with Crippen LogP contribution in [0.15, 0.2) is 66.7 Å². The Morgan fingerprint density at radius 1 is 0.788 bits per heavy atom. The van der Waals surface area contributed by atoms with Crippen LogP contribution in [0.4, 0.5) is 17.1 Å². The summed E-state index contributed by atoms with van der Waals surface area (Å²) in [6.45, 7) is 5.56. The number of hydrogen-bond donors (Lipinski definition) is 2. The monoisotopic (exact) mass is 462 g/mol. The first-order valence-corrected chi connectivity index (χ1v) is 11.3. The van der Waals surface area contributed by atoms with Crippen molar-refractivity contribution in [3.8, 4) is 0 Å². The van der Waals surface area contributed by atoms with Gasteiger partial charge in [-0.15, -0.1) is 0 Å². The molecule has 4 rings (SSSR count). The first kappa shape index (κ1) is 22.8. The van der Waals surface area contributed by atoms with E-state index in [9.17, 15) is 9.59 Å². The zero-order valence-electron chi connectivity index (χ0n) is 18.8. The van der Waals surface area contributed by atoms with Gasteiger partial charge in [0.15, 0.2) is 0 Å². The largest absolute Gasteiger partial charge is 0.367 e. The number of likely N-dealkylation sites (N-methyl/N-ethyl adjacent to an activating group) is 1. The molecule has 2 N–H and O–H groups in total. The molecule has 7 heteroatoms. The lowest BCUT2D eigenvalue weighted by Crippen LogP contribution is -2.44. The normalized spacial score (nSPS) is 14.1. The molecule has 0 aliphatic carbocycles. The van der Waals surface area contributed by atoms with Gasteiger partial charge in [0, 0.05) is 48.0 Å². The molecule has 3 aromatic carbocycles. The number of benzene rings is 3. The minimum atomic E-state index is -0.261. The second-order valence-electron chi connectivity index (χ2n) is 8.26. The Kier molecular flexibility index (Phi) is 6.96. The molecule has 0 radical (unpaired) electrons. The van der Waals surface area contributed by atoms with Crippen molar-refractivity contribution >= 4 is 40.5 Å². The highest BCUT2D eigenvalue weighted by molar-refractivity contribution is 6.31. The van der Waals surface area contributed by atoms with Crippen LogP contribution >= 0.6 is 11.6 Å². The maximum Gasteiger partial charge on any atom is 0.255 e. The number of nitrogens with zero attached hydrogens (tertiary/aromatic N) is 2. The van der Waals surface area contributed by atoms with Gasteiger partial charge in [-0.25, -0.2) is 0 Å². The average molecular weight is 463 g/mol. The van der Waals surface area contributed by atoms with Gasteiger partial charge in [0.05, 0.1) is 11.4 Å². The smallest absolute Gasteiger partial charge is 0.255 e. The number of rotatable bonds is 5. The molecule has 0 atom stereocenters. The fraction of sp³-hybridized carbons (Fsp3) is 0.231. The van der Waals surface area contributed by atoms with Crippen LogP contribution in [0.2, 0.25) is 5.02 Å². The summed E-state index contributed by atoms with van der Waals surface area (Å²) in [5.74, 6) is -0.480. The molecular formula is C26H27ClN4O2. The Labute approximate surface area is 199 Å². The van der Waals surface area contributed by atoms with E-state index in [0.29, 0.717) is 27.5 Å². The number of halogens is 1. The van der Waals surface area contributed by atoms with Crippen LogP contribution in [-0.4, -0.2) is 49.9 Å². The summed E-state index contributed by atoms with van der Waals surface area (Å²) in [6.07, 6.45) is 0. The van der Waals surface area contributed by atoms with E-state index in [4.69, 9.17) is 11.6 Å². The summed E-state index contributed by atoms with van der Waals surface area (Å²) in [5.41, 5.74) is 4.10. The fourth-order valence-electron chi connectivity index (χ4n) is 3.81. The zero-order chi connectivity index (χ0) is 23.4. The third-order valence-electron chi connectivity index (χ3n) is 5.83. The van der Waals surface area contributed by atoms with Crippen molar-refractivity contribution in [2.75, 3.05) is 48.8 Å². The van der Waals surface area contributed by atoms with E-state index in [-0.39, 0.29) is 11.8 Å². The van der Waals surface area contributed by atoms with Crippen LogP contribution in [0, 0.1) is 6.92 Å². The molecule has 0 aromatic heterocycles. The number of amides is 2. The van der Waals surface area contributed by atoms with Crippen molar-refractivity contribution in [1.29, 1.82) is 0 Å². The van der Waals surface area contributed by atoms with Gasteiger partial charge in [0.2, 0.25) is 0 Å². The molecule has 1 fully saturated rings. The maximum atomic E-state index is 13.1. The molecule has 33 heavy (non-hydrogen) atoms. The van der Waals surface area contributed by atoms with Crippen molar-refractivity contribution in [3.63, 3.8) is 0 Å². The van der Waals surface area contributed by atoms with E-state index in [2.05, 4.69) is 27.5 Å². The molecule has 170 valence electrons. The van der Waals surface area contributed by atoms with Crippen molar-refractivity contribution in [1.82, 2.24) is 4.90 Å². The average Bonchev–Trinajstić information content (AvgIpc) is 2.82. The van der Waals surface area contributed by atoms with Crippen molar-refractivity contribution < 1.29 is 9.59 Å². The van der Waals surface area contributed by atoms with Gasteiger partial charge in [-0.05, 0) is 62.0 Å². The molecular weight excluding hydrogens is 436 g/mol. The first-order chi connectivity index (χ1) is 15.9. The van der Waals surface area contributed by atoms with E-state index in [1.54, 1.807) is 30.3 Å². The topological polar surface area (TPSA) is 64.7 Å². The first-order valence-electron chi connectivity index (χ1n) is 10.9. The maximum absolute atomic E-state index is 13.1. The molecule has 0 saturated carbocycles. The standard InChI is InChI=1S/C26H27ClN4O2/c1-18-8-9-20(16-22(18)28-25(32)19-6-4-3-5-7-19)26(33)29-23-17-21(27)10-11-24(23)31-14-12-30(2)13-15-31/h3-11,16-17H,12-15H2,1-2H3,(H,28,32)(H,29,33). The minimum absolute atomic E-state index is 0.219. The lowest BCUT2D eigenvalue weighted by molar-refractivity contribution is 0.101. The van der Waals surface area contributed by atoms with Gasteiger partial charge in [0.25, 0.3) is 11.8 Å². The SMILES string of the molecule is Cc1ccc(C(=O)Nc2cc(Cl)ccc2N2CCN(C)CC2)cc1NC(=O)c1ccccc1. The summed E-state index contributed by atoms with van der Waals surface area (Å²) in [4.78, 5) is 30.3. The van der Waals surface area contributed by atoms with Crippen molar-refractivity contribution in [2.45, 2.75) is 6.92 Å². The number of hydrogen-bond acceptors (Lipinski definition) is 4. The van der Waals surface area contributed by atoms with Gasteiger partial charge >= 0.3 is 0 Å². The fourth-order valence-corrected chi connectivity index (χ4v) is 3.98. The molecule has 6 nitrogen and oxygen atoms in total. The molecule has 1 heterocycles. The van der Waals surface area contributed by atoms with E-state index in [0.717, 1.165) is 37.4 Å². The predicted molar refractivity (Wildman–Crippen MR) is 135 cm³/mol. The summed E-state index contributed by atoms with van der Waals surface area (Å²) in [6, 6.07) is 19.8. The quantitative estimate of drug-likeness (QED) is 0.565. The Hall–Kier alpha value is -3.35. The molecule has 0 spiro atoms. The van der Waals surface area contributed by atoms with Crippen LogP contribution in [0.1, 0.15) is 26.3 Å². The second-order valence-corrected chi connectivity index (χ2v) is 8.69. The molecule has 1 aliphatic heterocycles. The molecule has 0 bridgehead atoms. The third kappa shape index (κ3) is 5.53. The summed E-state index contributed by atoms with van der Waals surface area (Å²) >= 11 is 6.24. The number of nitrogens with one attached hydrogen (secondary N) is 2. The summed E-state index contributed by atoms with van der Waals surface area (Å²) in [5, 5.41) is 6.48. The third-order valence-corrected chi connectivity index (χ3v) is 6.07. The Balaban J connectivity index is 1.54. The van der Waals surface area contributed by atoms with Crippen LogP contribution in [0.25, 0.3) is 0 Å². The number of carbonyl (C=O) groups is 2. The molecule has 3 aromatic rings. The highest BCUT2D eigenvalue weighted by Gasteiger charge is 2.19. The Morgan fingerprint density at radius 3 is 2.18 bits per heavy atom. The number of aryl methyl sites for hydroxylation is 1. The second kappa shape index (κ2) is 10.1. The van der Waals surface area contributed by atoms with Gasteiger partial charge in [-0.2, -0.15) is 0 Å². The Morgan fingerprint density at radius 2 is 1.45 bits per heavy atom. The number of carbonyl (C=O) groups excluding carboxylic acids is 2. The lowest BCUT2D eigenvalue weighted by atomic mass is 10.1. The van der Waals surface area contributed by atoms with Crippen LogP contribution in [-0.2, 0) is 0 Å². The van der Waals surface area contributed by atoms with Crippen molar-refractivity contribution in [2.24, 2.45) is 0 Å². The van der Waals surface area contributed by atoms with Gasteiger partial charge in [-0.1, -0.05) is 35.9 Å². The van der Waals surface area contributed by atoms with Gasteiger partial charge in [0.1, 0.15) is 0 Å². The van der Waals surface area contributed by atoms with Crippen molar-refractivity contribution in [3.05, 3.63) is 88.4 Å². The highest BCUT2D eigenvalue weighted by atomic mass is 35.5. The van der Waals surface area contributed by atoms with Gasteiger partial charge in [-0.3, -0.25) is 9.59 Å². The van der Waals surface area contributed by atoms with Gasteiger partial charge < -0.3 is 20.4 Å². The zero-order valence-corrected chi connectivity index (χ0v) is 19.5. The summed E-state index contributed by atoms with van der Waals surface area (Å²) in [7, 11) is 2.10. The molecule has 1 saturated heterocycles. The van der Waals surface area contributed by atoms with Crippen LogP contribution in [0.5, 0.6) is 0 Å².